The van der Waals surface area contributed by atoms with E-state index in [4.69, 9.17) is 5.73 Å². The summed E-state index contributed by atoms with van der Waals surface area (Å²) in [5.41, 5.74) is 11.9. The third kappa shape index (κ3) is 4.85. The Bertz CT molecular complexity index is 795. The first-order valence-corrected chi connectivity index (χ1v) is 10.5. The predicted molar refractivity (Wildman–Crippen MR) is 117 cm³/mol. The van der Waals surface area contributed by atoms with E-state index in [-0.39, 0.29) is 17.9 Å². The maximum Gasteiger partial charge on any atom is 0.251 e. The monoisotopic (exact) mass is 384 g/mol. The highest BCUT2D eigenvalue weighted by atomic mass is 16.3. The zero-order chi connectivity index (χ0) is 20.9. The van der Waals surface area contributed by atoms with E-state index in [0.717, 1.165) is 48.2 Å². The molecule has 2 aromatic rings. The first-order valence-electron chi connectivity index (χ1n) is 10.5. The maximum absolute atomic E-state index is 12.4. The summed E-state index contributed by atoms with van der Waals surface area (Å²) >= 11 is 0. The van der Waals surface area contributed by atoms with Gasteiger partial charge in [-0.05, 0) is 42.7 Å². The summed E-state index contributed by atoms with van der Waals surface area (Å²) in [6.07, 6.45) is 4.94. The number of aliphatic hydroxyl groups excluding tert-OH is 1. The average Bonchev–Trinajstić information content (AvgIpc) is 2.91. The molecule has 0 atom stereocenters. The average molecular weight is 385 g/mol. The minimum Gasteiger partial charge on any atom is -0.396 e. The van der Waals surface area contributed by atoms with Crippen LogP contribution in [0.3, 0.4) is 0 Å². The molecule has 0 saturated carbocycles. The van der Waals surface area contributed by atoms with Gasteiger partial charge in [0.1, 0.15) is 0 Å². The molecule has 1 amide bonds. The number of primary amides is 1. The zero-order valence-corrected chi connectivity index (χ0v) is 18.1. The molecule has 4 nitrogen and oxygen atoms in total. The van der Waals surface area contributed by atoms with Crippen molar-refractivity contribution in [1.82, 2.24) is 4.57 Å². The molecular formula is C24H36N2O2. The van der Waals surface area contributed by atoms with Gasteiger partial charge < -0.3 is 15.4 Å². The Balaban J connectivity index is 2.63. The van der Waals surface area contributed by atoms with Crippen LogP contribution in [0.5, 0.6) is 0 Å². The number of aromatic nitrogens is 1. The quantitative estimate of drug-likeness (QED) is 0.599. The van der Waals surface area contributed by atoms with Gasteiger partial charge in [0, 0.05) is 30.1 Å². The van der Waals surface area contributed by atoms with E-state index in [1.165, 1.54) is 5.56 Å². The van der Waals surface area contributed by atoms with E-state index in [2.05, 4.69) is 56.5 Å². The van der Waals surface area contributed by atoms with Gasteiger partial charge in [-0.25, -0.2) is 0 Å². The van der Waals surface area contributed by atoms with Crippen molar-refractivity contribution in [3.63, 3.8) is 0 Å². The van der Waals surface area contributed by atoms with Crippen molar-refractivity contribution in [3.05, 3.63) is 46.8 Å². The SMILES string of the molecule is CCCCCc1c(-c2ccc(C(C)(C)C)cc2)c(C(N)=O)c(C)n1CCCO. The summed E-state index contributed by atoms with van der Waals surface area (Å²) < 4.78 is 2.19. The van der Waals surface area contributed by atoms with Crippen LogP contribution in [0.2, 0.25) is 0 Å². The molecule has 0 aliphatic rings. The van der Waals surface area contributed by atoms with Crippen molar-refractivity contribution < 1.29 is 9.90 Å². The summed E-state index contributed by atoms with van der Waals surface area (Å²) in [5.74, 6) is -0.383. The van der Waals surface area contributed by atoms with E-state index < -0.39 is 0 Å². The number of nitrogens with zero attached hydrogens (tertiary/aromatic N) is 1. The molecular weight excluding hydrogens is 348 g/mol. The third-order valence-electron chi connectivity index (χ3n) is 5.47. The van der Waals surface area contributed by atoms with Crippen LogP contribution >= 0.6 is 0 Å². The second-order valence-corrected chi connectivity index (χ2v) is 8.66. The topological polar surface area (TPSA) is 68.2 Å². The highest BCUT2D eigenvalue weighted by Gasteiger charge is 2.24. The number of nitrogens with two attached hydrogens (primary N) is 1. The molecule has 2 rings (SSSR count). The van der Waals surface area contributed by atoms with Crippen LogP contribution in [-0.2, 0) is 18.4 Å². The van der Waals surface area contributed by atoms with Crippen LogP contribution in [0.1, 0.15) is 80.7 Å². The van der Waals surface area contributed by atoms with Gasteiger partial charge in [-0.3, -0.25) is 4.79 Å². The lowest BCUT2D eigenvalue weighted by Gasteiger charge is -2.19. The van der Waals surface area contributed by atoms with Gasteiger partial charge in [0.05, 0.1) is 5.56 Å². The molecule has 0 aliphatic carbocycles. The number of rotatable bonds is 9. The molecule has 0 unspecified atom stereocenters. The molecule has 0 radical (unpaired) electrons. The first kappa shape index (κ1) is 22.2. The standard InChI is InChI=1S/C24H36N2O2/c1-6-7-8-10-20-22(18-11-13-19(14-12-18)24(3,4)5)21(23(25)28)17(2)26(20)15-9-16-27/h11-14,27H,6-10,15-16H2,1-5H3,(H2,25,28). The van der Waals surface area contributed by atoms with Crippen molar-refractivity contribution in [2.45, 2.75) is 78.7 Å². The molecule has 1 aromatic heterocycles. The molecule has 4 heteroatoms. The van der Waals surface area contributed by atoms with Crippen molar-refractivity contribution in [2.24, 2.45) is 5.73 Å². The molecule has 0 bridgehead atoms. The highest BCUT2D eigenvalue weighted by Crippen LogP contribution is 2.35. The van der Waals surface area contributed by atoms with Crippen LogP contribution in [-0.4, -0.2) is 22.2 Å². The molecule has 0 aliphatic heterocycles. The van der Waals surface area contributed by atoms with E-state index >= 15 is 0 Å². The van der Waals surface area contributed by atoms with E-state index in [0.29, 0.717) is 18.5 Å². The van der Waals surface area contributed by atoms with Crippen molar-refractivity contribution in [1.29, 1.82) is 0 Å². The Morgan fingerprint density at radius 2 is 1.75 bits per heavy atom. The summed E-state index contributed by atoms with van der Waals surface area (Å²) in [6, 6.07) is 8.52. The van der Waals surface area contributed by atoms with Gasteiger partial charge in [-0.2, -0.15) is 0 Å². The van der Waals surface area contributed by atoms with E-state index in [1.54, 1.807) is 0 Å². The Labute approximate surface area is 169 Å². The largest absolute Gasteiger partial charge is 0.396 e. The number of benzene rings is 1. The van der Waals surface area contributed by atoms with Gasteiger partial charge >= 0.3 is 0 Å². The number of hydrogen-bond acceptors (Lipinski definition) is 2. The maximum atomic E-state index is 12.4. The summed E-state index contributed by atoms with van der Waals surface area (Å²) in [7, 11) is 0. The predicted octanol–water partition coefficient (Wildman–Crippen LogP) is 4.98. The fourth-order valence-electron chi connectivity index (χ4n) is 3.88. The van der Waals surface area contributed by atoms with Gasteiger partial charge in [-0.15, -0.1) is 0 Å². The number of carbonyl (C=O) groups excluding carboxylic acids is 1. The second kappa shape index (κ2) is 9.42. The van der Waals surface area contributed by atoms with Gasteiger partial charge in [0.2, 0.25) is 0 Å². The van der Waals surface area contributed by atoms with Crippen LogP contribution in [0, 0.1) is 6.92 Å². The van der Waals surface area contributed by atoms with Crippen LogP contribution in [0.25, 0.3) is 11.1 Å². The molecule has 0 saturated heterocycles. The molecule has 3 N–H and O–H groups in total. The minimum absolute atomic E-state index is 0.0813. The molecule has 28 heavy (non-hydrogen) atoms. The fraction of sp³-hybridized carbons (Fsp3) is 0.542. The van der Waals surface area contributed by atoms with E-state index in [1.807, 2.05) is 6.92 Å². The smallest absolute Gasteiger partial charge is 0.251 e. The summed E-state index contributed by atoms with van der Waals surface area (Å²) in [6.45, 7) is 11.6. The second-order valence-electron chi connectivity index (χ2n) is 8.66. The Hall–Kier alpha value is -2.07. The first-order chi connectivity index (χ1) is 13.2. The van der Waals surface area contributed by atoms with Crippen molar-refractivity contribution in [3.8, 4) is 11.1 Å². The summed E-state index contributed by atoms with van der Waals surface area (Å²) in [4.78, 5) is 12.4. The molecule has 154 valence electrons. The molecule has 0 spiro atoms. The Morgan fingerprint density at radius 3 is 2.25 bits per heavy atom. The lowest BCUT2D eigenvalue weighted by molar-refractivity contribution is 0.1000. The lowest BCUT2D eigenvalue weighted by Crippen LogP contribution is -2.14. The number of hydrogen-bond donors (Lipinski definition) is 2. The Morgan fingerprint density at radius 1 is 1.11 bits per heavy atom. The van der Waals surface area contributed by atoms with Crippen molar-refractivity contribution in [2.75, 3.05) is 6.61 Å². The number of carbonyl (C=O) groups is 1. The summed E-state index contributed by atoms with van der Waals surface area (Å²) in [5, 5.41) is 9.33. The molecule has 1 heterocycles. The van der Waals surface area contributed by atoms with E-state index in [9.17, 15) is 9.90 Å². The number of amides is 1. The molecule has 0 fully saturated rings. The number of unbranched alkanes of at least 4 members (excludes halogenated alkanes) is 2. The van der Waals surface area contributed by atoms with Crippen molar-refractivity contribution >= 4 is 5.91 Å². The fourth-order valence-corrected chi connectivity index (χ4v) is 3.88. The van der Waals surface area contributed by atoms with Gasteiger partial charge in [-0.1, -0.05) is 64.8 Å². The highest BCUT2D eigenvalue weighted by molar-refractivity contribution is 6.02. The van der Waals surface area contributed by atoms with Crippen LogP contribution in [0.4, 0.5) is 0 Å². The normalized spacial score (nSPS) is 11.8. The Kier molecular flexibility index (Phi) is 7.48. The minimum atomic E-state index is -0.383. The van der Waals surface area contributed by atoms with Crippen LogP contribution < -0.4 is 5.73 Å². The molecule has 1 aromatic carbocycles. The van der Waals surface area contributed by atoms with Gasteiger partial charge in [0.25, 0.3) is 5.91 Å². The third-order valence-corrected chi connectivity index (χ3v) is 5.47. The zero-order valence-electron chi connectivity index (χ0n) is 18.1. The van der Waals surface area contributed by atoms with Gasteiger partial charge in [0.15, 0.2) is 0 Å². The number of aliphatic hydroxyl groups is 1. The van der Waals surface area contributed by atoms with Crippen LogP contribution in [0.15, 0.2) is 24.3 Å². The lowest BCUT2D eigenvalue weighted by atomic mass is 9.86.